The quantitative estimate of drug-likeness (QED) is 0.600. The number of rotatable bonds is 8. The monoisotopic (exact) mass is 405 g/mol. The summed E-state index contributed by atoms with van der Waals surface area (Å²) in [5.41, 5.74) is 1.57. The second kappa shape index (κ2) is 10.1. The van der Waals surface area contributed by atoms with Crippen molar-refractivity contribution >= 4 is 23.2 Å². The average Bonchev–Trinajstić information content (AvgIpc) is 2.75. The smallest absolute Gasteiger partial charge is 0.255 e. The predicted octanol–water partition coefficient (Wildman–Crippen LogP) is 3.53. The van der Waals surface area contributed by atoms with E-state index >= 15 is 0 Å². The zero-order valence-corrected chi connectivity index (χ0v) is 16.6. The standard InChI is InChI=1S/C23H23N3O4/c1-2-30-20-12-10-19(11-13-20)25-23(29)17-6-8-18(9-7-17)24-21(27)14-16-26-15-4-3-5-22(26)28/h3-13,15H,2,14,16H2,1H3,(H,24,27)(H,25,29). The van der Waals surface area contributed by atoms with Gasteiger partial charge in [0.15, 0.2) is 0 Å². The highest BCUT2D eigenvalue weighted by Crippen LogP contribution is 2.17. The van der Waals surface area contributed by atoms with Gasteiger partial charge in [-0.15, -0.1) is 0 Å². The summed E-state index contributed by atoms with van der Waals surface area (Å²) >= 11 is 0. The molecule has 0 spiro atoms. The van der Waals surface area contributed by atoms with E-state index in [0.29, 0.717) is 30.1 Å². The molecule has 154 valence electrons. The van der Waals surface area contributed by atoms with Crippen molar-refractivity contribution in [1.82, 2.24) is 4.57 Å². The summed E-state index contributed by atoms with van der Waals surface area (Å²) in [5, 5.41) is 5.58. The lowest BCUT2D eigenvalue weighted by molar-refractivity contribution is -0.116. The minimum atomic E-state index is -0.250. The normalized spacial score (nSPS) is 10.3. The lowest BCUT2D eigenvalue weighted by Crippen LogP contribution is -2.21. The molecule has 0 bridgehead atoms. The highest BCUT2D eigenvalue weighted by Gasteiger charge is 2.08. The van der Waals surface area contributed by atoms with Crippen molar-refractivity contribution in [3.8, 4) is 5.75 Å². The van der Waals surface area contributed by atoms with Gasteiger partial charge in [-0.2, -0.15) is 0 Å². The Morgan fingerprint density at radius 2 is 1.57 bits per heavy atom. The molecule has 0 aliphatic rings. The number of pyridine rings is 1. The minimum Gasteiger partial charge on any atom is -0.494 e. The fraction of sp³-hybridized carbons (Fsp3) is 0.174. The third kappa shape index (κ3) is 5.81. The molecule has 0 aliphatic heterocycles. The molecule has 2 amide bonds. The zero-order valence-electron chi connectivity index (χ0n) is 16.6. The third-order valence-corrected chi connectivity index (χ3v) is 4.33. The number of benzene rings is 2. The largest absolute Gasteiger partial charge is 0.494 e. The fourth-order valence-electron chi connectivity index (χ4n) is 2.80. The second-order valence-electron chi connectivity index (χ2n) is 6.52. The van der Waals surface area contributed by atoms with Gasteiger partial charge in [-0.3, -0.25) is 14.4 Å². The van der Waals surface area contributed by atoms with Crippen molar-refractivity contribution in [2.45, 2.75) is 19.9 Å². The van der Waals surface area contributed by atoms with E-state index in [-0.39, 0.29) is 23.8 Å². The van der Waals surface area contributed by atoms with Gasteiger partial charge >= 0.3 is 0 Å². The maximum atomic E-state index is 12.4. The van der Waals surface area contributed by atoms with Crippen molar-refractivity contribution < 1.29 is 14.3 Å². The molecular formula is C23H23N3O4. The molecule has 0 unspecified atom stereocenters. The highest BCUT2D eigenvalue weighted by molar-refractivity contribution is 6.04. The molecule has 1 aromatic heterocycles. The molecule has 0 fully saturated rings. The summed E-state index contributed by atoms with van der Waals surface area (Å²) in [7, 11) is 0. The Balaban J connectivity index is 1.52. The lowest BCUT2D eigenvalue weighted by atomic mass is 10.2. The van der Waals surface area contributed by atoms with Crippen LogP contribution < -0.4 is 20.9 Å². The van der Waals surface area contributed by atoms with Gasteiger partial charge in [0.2, 0.25) is 5.91 Å². The van der Waals surface area contributed by atoms with E-state index in [1.807, 2.05) is 6.92 Å². The van der Waals surface area contributed by atoms with Crippen molar-refractivity contribution in [2.75, 3.05) is 17.2 Å². The van der Waals surface area contributed by atoms with Gasteiger partial charge in [0.05, 0.1) is 6.61 Å². The van der Waals surface area contributed by atoms with Crippen molar-refractivity contribution in [3.05, 3.63) is 88.8 Å². The number of hydrogen-bond acceptors (Lipinski definition) is 4. The van der Waals surface area contributed by atoms with E-state index in [0.717, 1.165) is 5.75 Å². The topological polar surface area (TPSA) is 89.4 Å². The molecule has 1 heterocycles. The number of ether oxygens (including phenoxy) is 1. The van der Waals surface area contributed by atoms with Gasteiger partial charge in [0.1, 0.15) is 5.75 Å². The Labute approximate surface area is 174 Å². The van der Waals surface area contributed by atoms with Gasteiger partial charge in [-0.1, -0.05) is 6.07 Å². The van der Waals surface area contributed by atoms with Crippen molar-refractivity contribution in [1.29, 1.82) is 0 Å². The van der Waals surface area contributed by atoms with Gasteiger partial charge in [0.25, 0.3) is 11.5 Å². The molecule has 0 saturated carbocycles. The minimum absolute atomic E-state index is 0.145. The number of aryl methyl sites for hydroxylation is 1. The first-order valence-electron chi connectivity index (χ1n) is 9.65. The van der Waals surface area contributed by atoms with Gasteiger partial charge in [-0.25, -0.2) is 0 Å². The fourth-order valence-corrected chi connectivity index (χ4v) is 2.80. The van der Waals surface area contributed by atoms with Crippen LogP contribution in [0.4, 0.5) is 11.4 Å². The summed E-state index contributed by atoms with van der Waals surface area (Å²) in [5.74, 6) is 0.283. The molecule has 0 saturated heterocycles. The van der Waals surface area contributed by atoms with Crippen LogP contribution in [0.2, 0.25) is 0 Å². The van der Waals surface area contributed by atoms with E-state index in [4.69, 9.17) is 4.74 Å². The van der Waals surface area contributed by atoms with E-state index < -0.39 is 0 Å². The number of anilines is 2. The van der Waals surface area contributed by atoms with E-state index in [1.54, 1.807) is 66.9 Å². The molecule has 7 heteroatoms. The van der Waals surface area contributed by atoms with Gasteiger partial charge in [-0.05, 0) is 61.5 Å². The number of nitrogens with one attached hydrogen (secondary N) is 2. The van der Waals surface area contributed by atoms with Crippen molar-refractivity contribution in [2.24, 2.45) is 0 Å². The summed E-state index contributed by atoms with van der Waals surface area (Å²) < 4.78 is 6.86. The Kier molecular flexibility index (Phi) is 7.00. The molecule has 0 atom stereocenters. The van der Waals surface area contributed by atoms with Gasteiger partial charge < -0.3 is 19.9 Å². The van der Waals surface area contributed by atoms with Crippen LogP contribution in [-0.4, -0.2) is 23.0 Å². The van der Waals surface area contributed by atoms with Crippen LogP contribution in [0, 0.1) is 0 Å². The van der Waals surface area contributed by atoms with Crippen LogP contribution in [0.1, 0.15) is 23.7 Å². The maximum Gasteiger partial charge on any atom is 0.255 e. The molecule has 2 N–H and O–H groups in total. The van der Waals surface area contributed by atoms with Crippen LogP contribution in [0.25, 0.3) is 0 Å². The Hall–Kier alpha value is -3.87. The van der Waals surface area contributed by atoms with E-state index in [9.17, 15) is 14.4 Å². The Morgan fingerprint density at radius 1 is 0.900 bits per heavy atom. The van der Waals surface area contributed by atoms with Crippen LogP contribution in [0.5, 0.6) is 5.75 Å². The van der Waals surface area contributed by atoms with Crippen LogP contribution in [-0.2, 0) is 11.3 Å². The number of carbonyl (C=O) groups excluding carboxylic acids is 2. The lowest BCUT2D eigenvalue weighted by Gasteiger charge is -2.09. The average molecular weight is 405 g/mol. The second-order valence-corrected chi connectivity index (χ2v) is 6.52. The zero-order chi connectivity index (χ0) is 21.3. The number of nitrogens with zero attached hydrogens (tertiary/aromatic N) is 1. The molecular weight excluding hydrogens is 382 g/mol. The molecule has 2 aromatic carbocycles. The summed E-state index contributed by atoms with van der Waals surface area (Å²) in [6.45, 7) is 2.79. The Morgan fingerprint density at radius 3 is 2.23 bits per heavy atom. The number of aromatic nitrogens is 1. The van der Waals surface area contributed by atoms with Gasteiger partial charge in [0, 0.05) is 42.2 Å². The first-order chi connectivity index (χ1) is 14.5. The molecule has 7 nitrogen and oxygen atoms in total. The van der Waals surface area contributed by atoms with Crippen LogP contribution >= 0.6 is 0 Å². The van der Waals surface area contributed by atoms with Crippen LogP contribution in [0.3, 0.4) is 0 Å². The first-order valence-corrected chi connectivity index (χ1v) is 9.65. The molecule has 0 aliphatic carbocycles. The first kappa shape index (κ1) is 20.9. The van der Waals surface area contributed by atoms with E-state index in [1.165, 1.54) is 10.6 Å². The SMILES string of the molecule is CCOc1ccc(NC(=O)c2ccc(NC(=O)CCn3ccccc3=O)cc2)cc1. The summed E-state index contributed by atoms with van der Waals surface area (Å²) in [6, 6.07) is 18.6. The van der Waals surface area contributed by atoms with Crippen molar-refractivity contribution in [3.63, 3.8) is 0 Å². The molecule has 3 aromatic rings. The number of amides is 2. The summed E-state index contributed by atoms with van der Waals surface area (Å²) in [4.78, 5) is 36.2. The highest BCUT2D eigenvalue weighted by atomic mass is 16.5. The predicted molar refractivity (Wildman–Crippen MR) is 116 cm³/mol. The number of carbonyl (C=O) groups is 2. The van der Waals surface area contributed by atoms with Crippen LogP contribution in [0.15, 0.2) is 77.7 Å². The third-order valence-electron chi connectivity index (χ3n) is 4.33. The maximum absolute atomic E-state index is 12.4. The number of hydrogen-bond donors (Lipinski definition) is 2. The van der Waals surface area contributed by atoms with E-state index in [2.05, 4.69) is 10.6 Å². The molecule has 30 heavy (non-hydrogen) atoms. The Bertz CT molecular complexity index is 1060. The molecule has 0 radical (unpaired) electrons. The summed E-state index contributed by atoms with van der Waals surface area (Å²) in [6.07, 6.45) is 1.82. The molecule has 3 rings (SSSR count).